The molecule has 2 N–H and O–H groups in total. The molecule has 0 atom stereocenters. The summed E-state index contributed by atoms with van der Waals surface area (Å²) in [5.74, 6) is 0.647. The van der Waals surface area contributed by atoms with E-state index in [1.54, 1.807) is 0 Å². The van der Waals surface area contributed by atoms with Gasteiger partial charge in [-0.1, -0.05) is 12.8 Å². The summed E-state index contributed by atoms with van der Waals surface area (Å²) >= 11 is 0. The van der Waals surface area contributed by atoms with Crippen molar-refractivity contribution in [2.45, 2.75) is 31.7 Å². The second kappa shape index (κ2) is 5.61. The minimum absolute atomic E-state index is 0.129. The van der Waals surface area contributed by atoms with E-state index in [0.29, 0.717) is 18.5 Å². The van der Waals surface area contributed by atoms with Gasteiger partial charge in [0.2, 0.25) is 11.8 Å². The van der Waals surface area contributed by atoms with Crippen LogP contribution in [-0.2, 0) is 0 Å². The molecular weight excluding hydrogens is 234 g/mol. The molecule has 7 heteroatoms. The molecule has 1 fully saturated rings. The van der Waals surface area contributed by atoms with Crippen LogP contribution in [0, 0.1) is 17.0 Å². The van der Waals surface area contributed by atoms with Gasteiger partial charge in [-0.05, 0) is 19.8 Å². The van der Waals surface area contributed by atoms with Gasteiger partial charge in [0.05, 0.1) is 4.92 Å². The van der Waals surface area contributed by atoms with Gasteiger partial charge >= 0.3 is 5.69 Å². The van der Waals surface area contributed by atoms with Gasteiger partial charge in [-0.3, -0.25) is 10.1 Å². The molecular formula is C11H16N5O2. The summed E-state index contributed by atoms with van der Waals surface area (Å²) in [7, 11) is 0. The smallest absolute Gasteiger partial charge is 0.329 e. The zero-order chi connectivity index (χ0) is 13.0. The van der Waals surface area contributed by atoms with Gasteiger partial charge in [-0.25, -0.2) is 4.98 Å². The molecule has 18 heavy (non-hydrogen) atoms. The molecule has 2 rings (SSSR count). The number of nitro groups is 1. The maximum atomic E-state index is 10.8. The van der Waals surface area contributed by atoms with Crippen molar-refractivity contribution >= 4 is 17.5 Å². The highest BCUT2D eigenvalue weighted by Gasteiger charge is 2.19. The predicted molar refractivity (Wildman–Crippen MR) is 68.4 cm³/mol. The Balaban J connectivity index is 2.16. The van der Waals surface area contributed by atoms with E-state index < -0.39 is 4.92 Å². The highest BCUT2D eigenvalue weighted by molar-refractivity contribution is 5.57. The van der Waals surface area contributed by atoms with E-state index in [1.165, 1.54) is 19.0 Å². The first kappa shape index (κ1) is 12.5. The van der Waals surface area contributed by atoms with E-state index >= 15 is 0 Å². The van der Waals surface area contributed by atoms with Crippen LogP contribution in [0.2, 0.25) is 0 Å². The molecule has 0 unspecified atom stereocenters. The summed E-state index contributed by atoms with van der Waals surface area (Å²) in [6, 6.07) is 0.374. The van der Waals surface area contributed by atoms with Crippen LogP contribution < -0.4 is 10.6 Å². The van der Waals surface area contributed by atoms with E-state index in [4.69, 9.17) is 0 Å². The average Bonchev–Trinajstić information content (AvgIpc) is 2.82. The number of rotatable bonds is 5. The fourth-order valence-electron chi connectivity index (χ4n) is 2.08. The first-order valence-electron chi connectivity index (χ1n) is 6.02. The summed E-state index contributed by atoms with van der Waals surface area (Å²) < 4.78 is 0. The number of nitrogens with one attached hydrogen (secondary N) is 2. The first-order valence-corrected chi connectivity index (χ1v) is 6.02. The molecule has 0 spiro atoms. The van der Waals surface area contributed by atoms with E-state index in [0.717, 1.165) is 12.8 Å². The van der Waals surface area contributed by atoms with Crippen LogP contribution in [0.3, 0.4) is 0 Å². The second-order valence-corrected chi connectivity index (χ2v) is 4.24. The molecule has 0 aliphatic heterocycles. The summed E-state index contributed by atoms with van der Waals surface area (Å²) in [4.78, 5) is 18.4. The topological polar surface area (TPSA) is 93.0 Å². The van der Waals surface area contributed by atoms with Crippen molar-refractivity contribution in [1.82, 2.24) is 9.97 Å². The van der Waals surface area contributed by atoms with Crippen LogP contribution in [0.4, 0.5) is 17.5 Å². The Bertz CT molecular complexity index is 431. The molecule has 1 aromatic heterocycles. The van der Waals surface area contributed by atoms with Crippen molar-refractivity contribution < 1.29 is 4.92 Å². The molecule has 7 nitrogen and oxygen atoms in total. The third kappa shape index (κ3) is 2.85. The SMILES string of the molecule is [CH2]CNc1nc(NC2CCCC2)ncc1[N+](=O)[O-]. The largest absolute Gasteiger partial charge is 0.364 e. The molecule has 0 aromatic carbocycles. The van der Waals surface area contributed by atoms with Gasteiger partial charge < -0.3 is 10.6 Å². The van der Waals surface area contributed by atoms with Crippen molar-refractivity contribution in [2.75, 3.05) is 17.2 Å². The second-order valence-electron chi connectivity index (χ2n) is 4.24. The van der Waals surface area contributed by atoms with E-state index in [2.05, 4.69) is 27.5 Å². The van der Waals surface area contributed by atoms with Gasteiger partial charge in [0, 0.05) is 12.6 Å². The standard InChI is InChI=1S/C11H16N5O2/c1-2-12-10-9(16(17)18)7-13-11(15-10)14-8-5-3-4-6-8/h7-8H,1-6H2,(H2,12,13,14,15). The number of nitrogens with zero attached hydrogens (tertiary/aromatic N) is 3. The fraction of sp³-hybridized carbons (Fsp3) is 0.545. The normalized spacial score (nSPS) is 15.6. The van der Waals surface area contributed by atoms with E-state index in [-0.39, 0.29) is 11.5 Å². The number of hydrogen-bond donors (Lipinski definition) is 2. The number of hydrogen-bond acceptors (Lipinski definition) is 6. The monoisotopic (exact) mass is 250 g/mol. The molecule has 97 valence electrons. The highest BCUT2D eigenvalue weighted by atomic mass is 16.6. The lowest BCUT2D eigenvalue weighted by molar-refractivity contribution is -0.384. The van der Waals surface area contributed by atoms with Gasteiger partial charge in [0.1, 0.15) is 6.20 Å². The van der Waals surface area contributed by atoms with Crippen LogP contribution in [0.25, 0.3) is 0 Å². The molecule has 1 radical (unpaired) electrons. The van der Waals surface area contributed by atoms with Gasteiger partial charge in [0.15, 0.2) is 0 Å². The lowest BCUT2D eigenvalue weighted by Gasteiger charge is -2.12. The average molecular weight is 250 g/mol. The van der Waals surface area contributed by atoms with Gasteiger partial charge in [0.25, 0.3) is 0 Å². The Morgan fingerprint density at radius 2 is 2.22 bits per heavy atom. The highest BCUT2D eigenvalue weighted by Crippen LogP contribution is 2.24. The van der Waals surface area contributed by atoms with Gasteiger partial charge in [-0.15, -0.1) is 0 Å². The molecule has 0 bridgehead atoms. The third-order valence-corrected chi connectivity index (χ3v) is 2.95. The molecule has 1 heterocycles. The predicted octanol–water partition coefficient (Wildman–Crippen LogP) is 1.99. The Labute approximate surface area is 105 Å². The fourth-order valence-corrected chi connectivity index (χ4v) is 2.08. The number of aromatic nitrogens is 2. The lowest BCUT2D eigenvalue weighted by Crippen LogP contribution is -2.17. The summed E-state index contributed by atoms with van der Waals surface area (Å²) in [5, 5.41) is 16.8. The minimum atomic E-state index is -0.503. The van der Waals surface area contributed by atoms with Crippen LogP contribution in [0.1, 0.15) is 25.7 Å². The number of anilines is 2. The van der Waals surface area contributed by atoms with E-state index in [9.17, 15) is 10.1 Å². The van der Waals surface area contributed by atoms with Crippen LogP contribution >= 0.6 is 0 Å². The Hall–Kier alpha value is -1.92. The zero-order valence-corrected chi connectivity index (χ0v) is 10.1. The van der Waals surface area contributed by atoms with Crippen LogP contribution in [0.5, 0.6) is 0 Å². The molecule has 1 aliphatic rings. The zero-order valence-electron chi connectivity index (χ0n) is 10.1. The third-order valence-electron chi connectivity index (χ3n) is 2.95. The van der Waals surface area contributed by atoms with Crippen LogP contribution in [-0.4, -0.2) is 27.5 Å². The lowest BCUT2D eigenvalue weighted by atomic mass is 10.2. The van der Waals surface area contributed by atoms with Crippen molar-refractivity contribution in [1.29, 1.82) is 0 Å². The van der Waals surface area contributed by atoms with Crippen molar-refractivity contribution in [3.05, 3.63) is 23.2 Å². The summed E-state index contributed by atoms with van der Waals surface area (Å²) in [5.41, 5.74) is -0.129. The van der Waals surface area contributed by atoms with E-state index in [1.807, 2.05) is 0 Å². The summed E-state index contributed by atoms with van der Waals surface area (Å²) in [6.45, 7) is 3.93. The quantitative estimate of drug-likeness (QED) is 0.613. The molecule has 0 saturated heterocycles. The maximum Gasteiger partial charge on any atom is 0.329 e. The van der Waals surface area contributed by atoms with Crippen LogP contribution in [0.15, 0.2) is 6.20 Å². The van der Waals surface area contributed by atoms with Crippen molar-refractivity contribution in [3.8, 4) is 0 Å². The molecule has 1 saturated carbocycles. The van der Waals surface area contributed by atoms with Crippen molar-refractivity contribution in [2.24, 2.45) is 0 Å². The van der Waals surface area contributed by atoms with Crippen molar-refractivity contribution in [3.63, 3.8) is 0 Å². The minimum Gasteiger partial charge on any atom is -0.364 e. The molecule has 1 aliphatic carbocycles. The Kier molecular flexibility index (Phi) is 3.91. The first-order chi connectivity index (χ1) is 8.70. The molecule has 1 aromatic rings. The summed E-state index contributed by atoms with van der Waals surface area (Å²) in [6.07, 6.45) is 5.82. The Morgan fingerprint density at radius 3 is 2.83 bits per heavy atom. The maximum absolute atomic E-state index is 10.8. The molecule has 0 amide bonds. The Morgan fingerprint density at radius 1 is 1.50 bits per heavy atom. The van der Waals surface area contributed by atoms with Gasteiger partial charge in [-0.2, -0.15) is 4.98 Å².